The molecule has 14 N–H and O–H groups in total. The minimum Gasteiger partial charge on any atom is -0.394 e. The minimum absolute atomic E-state index is 0.125. The van der Waals surface area contributed by atoms with Crippen LogP contribution in [-0.4, -0.2) is 104 Å². The summed E-state index contributed by atoms with van der Waals surface area (Å²) in [5, 5.41) is 74.0. The van der Waals surface area contributed by atoms with Gasteiger partial charge in [0.05, 0.1) is 52.9 Å². The van der Waals surface area contributed by atoms with Gasteiger partial charge in [0, 0.05) is 0 Å². The van der Waals surface area contributed by atoms with E-state index in [0.717, 1.165) is 0 Å². The van der Waals surface area contributed by atoms with Crippen LogP contribution in [0.4, 0.5) is 0 Å². The molecule has 0 unspecified atom stereocenters. The van der Waals surface area contributed by atoms with Crippen molar-refractivity contribution in [2.45, 2.75) is 0 Å². The van der Waals surface area contributed by atoms with Crippen molar-refractivity contribution >= 4 is 0 Å². The van der Waals surface area contributed by atoms with Gasteiger partial charge in [0.15, 0.2) is 0 Å². The second kappa shape index (κ2) is 101. The van der Waals surface area contributed by atoms with Gasteiger partial charge in [-0.3, -0.25) is 0 Å². The summed E-state index contributed by atoms with van der Waals surface area (Å²) in [5.41, 5.74) is 0. The van der Waals surface area contributed by atoms with Crippen LogP contribution in [0.25, 0.3) is 0 Å². The van der Waals surface area contributed by atoms with Crippen molar-refractivity contribution in [3.8, 4) is 0 Å². The van der Waals surface area contributed by atoms with E-state index in [1.165, 1.54) is 0 Å². The number of rotatable bonds is 4. The lowest BCUT2D eigenvalue weighted by Gasteiger charge is -1.70. The summed E-state index contributed by atoms with van der Waals surface area (Å²) in [6.07, 6.45) is 0. The lowest BCUT2D eigenvalue weighted by atomic mass is 10.8. The first kappa shape index (κ1) is 36.6. The number of aliphatic hydroxyl groups excluding tert-OH is 8. The Balaban J connectivity index is -0.0000000301. The largest absolute Gasteiger partial charge is 0.394 e. The molecular weight excluding hydrogens is 284 g/mol. The highest BCUT2D eigenvalue weighted by molar-refractivity contribution is 4.07. The predicted molar refractivity (Wildman–Crippen MR) is 68.6 cm³/mol. The fourth-order valence-corrected chi connectivity index (χ4v) is 0. The molecule has 0 saturated carbocycles. The summed E-state index contributed by atoms with van der Waals surface area (Å²) >= 11 is 0. The molecule has 0 saturated heterocycles. The number of aliphatic hydroxyl groups is 8. The van der Waals surface area contributed by atoms with Crippen molar-refractivity contribution in [1.29, 1.82) is 0 Å². The molecule has 0 spiro atoms. The second-order valence-electron chi connectivity index (χ2n) is 1.79. The number of hydrogen-bond acceptors (Lipinski definition) is 12. The molecule has 0 aromatic carbocycles. The molecule has 0 aromatic rings. The van der Waals surface area contributed by atoms with Gasteiger partial charge in [-0.25, -0.2) is 11.8 Å². The first-order chi connectivity index (χ1) is 9.66. The van der Waals surface area contributed by atoms with Crippen LogP contribution < -0.4 is 11.8 Å². The highest BCUT2D eigenvalue weighted by Gasteiger charge is 1.59. The van der Waals surface area contributed by atoms with Crippen LogP contribution in [0.2, 0.25) is 0 Å². The molecule has 0 heterocycles. The summed E-state index contributed by atoms with van der Waals surface area (Å²) < 4.78 is 0. The Kier molecular flexibility index (Phi) is 184. The molecule has 0 bridgehead atoms. The van der Waals surface area contributed by atoms with Gasteiger partial charge in [-0.2, -0.15) is 0 Å². The number of hydrogen-bond donors (Lipinski definition) is 12. The monoisotopic (exact) mass is 314 g/mol. The summed E-state index contributed by atoms with van der Waals surface area (Å²) in [5.74, 6) is 7.00. The summed E-state index contributed by atoms with van der Waals surface area (Å²) in [6.45, 7) is -1.00. The van der Waals surface area contributed by atoms with Gasteiger partial charge in [-0.15, -0.1) is 0 Å². The molecule has 12 heteroatoms. The quantitative estimate of drug-likeness (QED) is 0.217. The zero-order chi connectivity index (χ0) is 17.7. The normalized spacial score (nSPS) is 6.60. The topological polar surface area (TPSA) is 254 Å². The average molecular weight is 314 g/mol. The third-order valence-electron chi connectivity index (χ3n) is 0.400. The van der Waals surface area contributed by atoms with Gasteiger partial charge in [0.2, 0.25) is 0 Å². The summed E-state index contributed by atoms with van der Waals surface area (Å²) in [7, 11) is 0. The molecule has 0 rings (SSSR count). The van der Waals surface area contributed by atoms with Crippen LogP contribution in [0.5, 0.6) is 0 Å². The Labute approximate surface area is 117 Å². The number of nitrogens with two attached hydrogens (primary N) is 2. The molecule has 0 aromatic heterocycles. The van der Waals surface area contributed by atoms with Crippen molar-refractivity contribution in [2.75, 3.05) is 52.9 Å². The Morgan fingerprint density at radius 2 is 0.350 bits per heavy atom. The zero-order valence-corrected chi connectivity index (χ0v) is 11.3. The highest BCUT2D eigenvalue weighted by atomic mass is 16.4. The predicted octanol–water partition coefficient (Wildman–Crippen LogP) is -5.45. The molecule has 0 atom stereocenters. The Bertz CT molecular complexity index is 51.2. The molecule has 12 nitrogen and oxygen atoms in total. The van der Waals surface area contributed by atoms with Gasteiger partial charge in [-0.05, 0) is 0 Å². The van der Waals surface area contributed by atoms with Gasteiger partial charge in [0.25, 0.3) is 0 Å². The third kappa shape index (κ3) is 386. The molecule has 0 fully saturated rings. The van der Waals surface area contributed by atoms with E-state index >= 15 is 0 Å². The van der Waals surface area contributed by atoms with Crippen LogP contribution in [0, 0.1) is 0 Å². The maximum absolute atomic E-state index is 7.62. The lowest BCUT2D eigenvalue weighted by molar-refractivity contribution is 0.186. The van der Waals surface area contributed by atoms with E-state index in [-0.39, 0.29) is 52.9 Å². The molecule has 0 aliphatic carbocycles. The minimum atomic E-state index is -0.125. The van der Waals surface area contributed by atoms with E-state index in [0.29, 0.717) is 0 Å². The highest BCUT2D eigenvalue weighted by Crippen LogP contribution is 1.40. The maximum atomic E-state index is 7.62. The van der Waals surface area contributed by atoms with Crippen molar-refractivity contribution in [3.05, 3.63) is 0 Å². The van der Waals surface area contributed by atoms with Crippen LogP contribution >= 0.6 is 0 Å². The Morgan fingerprint density at radius 3 is 0.350 bits per heavy atom. The van der Waals surface area contributed by atoms with Crippen molar-refractivity contribution < 1.29 is 51.3 Å². The molecule has 0 aliphatic heterocycles. The molecule has 20 heavy (non-hydrogen) atoms. The van der Waals surface area contributed by atoms with Gasteiger partial charge < -0.3 is 51.3 Å². The molecule has 0 aliphatic rings. The Morgan fingerprint density at radius 1 is 0.300 bits per heavy atom. The van der Waals surface area contributed by atoms with Crippen LogP contribution in [-0.2, 0) is 0 Å². The van der Waals surface area contributed by atoms with Crippen molar-refractivity contribution in [1.82, 2.24) is 0 Å². The molecule has 132 valence electrons. The second-order valence-corrected chi connectivity index (χ2v) is 1.79. The van der Waals surface area contributed by atoms with E-state index in [1.807, 2.05) is 0 Å². The molecule has 0 amide bonds. The van der Waals surface area contributed by atoms with Crippen LogP contribution in [0.1, 0.15) is 0 Å². The maximum Gasteiger partial charge on any atom is 0.0662 e. The lowest BCUT2D eigenvalue weighted by Crippen LogP contribution is -1.85. The SMILES string of the molecule is NO.NO.OCCO.OCCO.OCCO.OCCO. The van der Waals surface area contributed by atoms with Gasteiger partial charge in [0.1, 0.15) is 0 Å². The molecular formula is C8H30N2O10. The van der Waals surface area contributed by atoms with Crippen LogP contribution in [0.3, 0.4) is 0 Å². The molecule has 0 radical (unpaired) electrons. The van der Waals surface area contributed by atoms with Crippen LogP contribution in [0.15, 0.2) is 0 Å². The van der Waals surface area contributed by atoms with Crippen molar-refractivity contribution in [3.63, 3.8) is 0 Å². The fourth-order valence-electron chi connectivity index (χ4n) is 0. The van der Waals surface area contributed by atoms with E-state index in [9.17, 15) is 0 Å². The smallest absolute Gasteiger partial charge is 0.0662 e. The van der Waals surface area contributed by atoms with E-state index < -0.39 is 0 Å². The van der Waals surface area contributed by atoms with E-state index in [1.54, 1.807) is 0 Å². The first-order valence-corrected chi connectivity index (χ1v) is 5.05. The average Bonchev–Trinajstić information content (AvgIpc) is 2.58. The van der Waals surface area contributed by atoms with Gasteiger partial charge >= 0.3 is 0 Å². The third-order valence-corrected chi connectivity index (χ3v) is 0.400. The zero-order valence-electron chi connectivity index (χ0n) is 11.3. The summed E-state index contributed by atoms with van der Waals surface area (Å²) in [4.78, 5) is 0. The van der Waals surface area contributed by atoms with Gasteiger partial charge in [-0.1, -0.05) is 0 Å². The van der Waals surface area contributed by atoms with Crippen molar-refractivity contribution in [2.24, 2.45) is 11.8 Å². The van der Waals surface area contributed by atoms with E-state index in [4.69, 9.17) is 51.3 Å². The fraction of sp³-hybridized carbons (Fsp3) is 1.00. The summed E-state index contributed by atoms with van der Waals surface area (Å²) in [6, 6.07) is 0. The standard InChI is InChI=1S/4C2H6O2.2H3NO/c4*3-1-2-4;2*1-2/h4*3-4H,1-2H2;2*2H,1H2. The first-order valence-electron chi connectivity index (χ1n) is 5.05. The van der Waals surface area contributed by atoms with E-state index in [2.05, 4.69) is 11.8 Å². The Hall–Kier alpha value is -0.480.